The zero-order valence-electron chi connectivity index (χ0n) is 15.7. The first kappa shape index (κ1) is 18.6. The maximum atomic E-state index is 12.4. The van der Waals surface area contributed by atoms with E-state index in [2.05, 4.69) is 65.7 Å². The van der Waals surface area contributed by atoms with E-state index >= 15 is 0 Å². The summed E-state index contributed by atoms with van der Waals surface area (Å²) in [6, 6.07) is 18.9. The number of hydrogen-bond donors (Lipinski definition) is 1. The summed E-state index contributed by atoms with van der Waals surface area (Å²) in [7, 11) is 0. The number of amides is 1. The van der Waals surface area contributed by atoms with Gasteiger partial charge >= 0.3 is 0 Å². The molecule has 1 saturated heterocycles. The summed E-state index contributed by atoms with van der Waals surface area (Å²) in [5.74, 6) is 0.265. The lowest BCUT2D eigenvalue weighted by Gasteiger charge is -2.34. The minimum absolute atomic E-state index is 0.265. The molecule has 0 radical (unpaired) electrons. The normalized spacial score (nSPS) is 15.2. The Morgan fingerprint density at radius 2 is 1.65 bits per heavy atom. The fourth-order valence-electron chi connectivity index (χ4n) is 3.38. The topological polar surface area (TPSA) is 35.6 Å². The number of carbonyl (C=O) groups excluding carboxylic acids is 1. The first-order valence-electron chi connectivity index (χ1n) is 9.51. The molecule has 2 aromatic carbocycles. The Balaban J connectivity index is 1.34. The van der Waals surface area contributed by atoms with E-state index in [0.29, 0.717) is 6.42 Å². The van der Waals surface area contributed by atoms with Crippen LogP contribution in [0.4, 0.5) is 0 Å². The van der Waals surface area contributed by atoms with Crippen molar-refractivity contribution in [3.63, 3.8) is 0 Å². The molecule has 1 N–H and O–H groups in total. The fourth-order valence-corrected chi connectivity index (χ4v) is 3.38. The molecule has 3 rings (SSSR count). The van der Waals surface area contributed by atoms with Gasteiger partial charge in [0.2, 0.25) is 5.91 Å². The highest BCUT2D eigenvalue weighted by atomic mass is 16.2. The third-order valence-corrected chi connectivity index (χ3v) is 5.07. The van der Waals surface area contributed by atoms with Gasteiger partial charge in [-0.2, -0.15) is 0 Å². The van der Waals surface area contributed by atoms with Gasteiger partial charge in [0.1, 0.15) is 0 Å². The molecular formula is C22H29N3O. The van der Waals surface area contributed by atoms with E-state index in [9.17, 15) is 4.79 Å². The molecule has 138 valence electrons. The highest BCUT2D eigenvalue weighted by Gasteiger charge is 2.20. The van der Waals surface area contributed by atoms with Crippen LogP contribution < -0.4 is 5.32 Å². The first-order chi connectivity index (χ1) is 12.7. The number of nitrogens with one attached hydrogen (secondary N) is 1. The molecule has 0 atom stereocenters. The molecule has 0 bridgehead atoms. The van der Waals surface area contributed by atoms with E-state index in [4.69, 9.17) is 0 Å². The largest absolute Gasteiger partial charge is 0.340 e. The molecule has 0 aliphatic carbocycles. The quantitative estimate of drug-likeness (QED) is 0.779. The van der Waals surface area contributed by atoms with Crippen LogP contribution in [-0.2, 0) is 17.9 Å². The van der Waals surface area contributed by atoms with Crippen LogP contribution in [0.1, 0.15) is 23.1 Å². The van der Waals surface area contributed by atoms with Gasteiger partial charge < -0.3 is 10.2 Å². The highest BCUT2D eigenvalue weighted by molar-refractivity contribution is 5.76. The standard InChI is InChI=1S/C22H29N3O/c1-19-7-5-6-10-21(19)17-23-12-11-22(26)25-15-13-24(14-16-25)18-20-8-3-2-4-9-20/h2-10,23H,11-18H2,1H3. The van der Waals surface area contributed by atoms with Crippen LogP contribution in [0.3, 0.4) is 0 Å². The van der Waals surface area contributed by atoms with E-state index < -0.39 is 0 Å². The minimum Gasteiger partial charge on any atom is -0.340 e. The van der Waals surface area contributed by atoms with Crippen LogP contribution in [0.5, 0.6) is 0 Å². The molecule has 0 saturated carbocycles. The molecule has 1 aliphatic heterocycles. The second kappa shape index (κ2) is 9.51. The summed E-state index contributed by atoms with van der Waals surface area (Å²) >= 11 is 0. The van der Waals surface area contributed by atoms with Gasteiger partial charge in [0.15, 0.2) is 0 Å². The second-order valence-corrected chi connectivity index (χ2v) is 7.00. The summed E-state index contributed by atoms with van der Waals surface area (Å²) in [6.45, 7) is 8.24. The number of piperazine rings is 1. The maximum absolute atomic E-state index is 12.4. The summed E-state index contributed by atoms with van der Waals surface area (Å²) < 4.78 is 0. The Bertz CT molecular complexity index is 694. The Hall–Kier alpha value is -2.17. The zero-order chi connectivity index (χ0) is 18.2. The lowest BCUT2D eigenvalue weighted by Crippen LogP contribution is -2.48. The summed E-state index contributed by atoms with van der Waals surface area (Å²) in [6.07, 6.45) is 0.574. The highest BCUT2D eigenvalue weighted by Crippen LogP contribution is 2.09. The van der Waals surface area contributed by atoms with Crippen molar-refractivity contribution in [3.8, 4) is 0 Å². The van der Waals surface area contributed by atoms with Crippen molar-refractivity contribution < 1.29 is 4.79 Å². The predicted molar refractivity (Wildman–Crippen MR) is 106 cm³/mol. The van der Waals surface area contributed by atoms with Gasteiger partial charge in [0.05, 0.1) is 0 Å². The molecule has 4 nitrogen and oxygen atoms in total. The van der Waals surface area contributed by atoms with Gasteiger partial charge in [-0.25, -0.2) is 0 Å². The third kappa shape index (κ3) is 5.41. The Kier molecular flexibility index (Phi) is 6.81. The van der Waals surface area contributed by atoms with Crippen LogP contribution in [0.2, 0.25) is 0 Å². The molecule has 1 fully saturated rings. The van der Waals surface area contributed by atoms with Crippen molar-refractivity contribution in [1.82, 2.24) is 15.1 Å². The molecular weight excluding hydrogens is 322 g/mol. The van der Waals surface area contributed by atoms with Crippen LogP contribution in [0, 0.1) is 6.92 Å². The number of carbonyl (C=O) groups is 1. The molecule has 2 aromatic rings. The number of rotatable bonds is 7. The molecule has 1 amide bonds. The minimum atomic E-state index is 0.265. The average Bonchev–Trinajstić information content (AvgIpc) is 2.68. The second-order valence-electron chi connectivity index (χ2n) is 7.00. The van der Waals surface area contributed by atoms with Gasteiger partial charge in [-0.1, -0.05) is 54.6 Å². The van der Waals surface area contributed by atoms with Crippen molar-refractivity contribution in [2.24, 2.45) is 0 Å². The van der Waals surface area contributed by atoms with Gasteiger partial charge in [0.25, 0.3) is 0 Å². The van der Waals surface area contributed by atoms with Crippen molar-refractivity contribution in [2.75, 3.05) is 32.7 Å². The SMILES string of the molecule is Cc1ccccc1CNCCC(=O)N1CCN(Cc2ccccc2)CC1. The Morgan fingerprint density at radius 3 is 2.38 bits per heavy atom. The van der Waals surface area contributed by atoms with E-state index in [1.807, 2.05) is 11.0 Å². The van der Waals surface area contributed by atoms with Crippen LogP contribution in [0.25, 0.3) is 0 Å². The maximum Gasteiger partial charge on any atom is 0.223 e. The Labute approximate surface area is 156 Å². The zero-order valence-corrected chi connectivity index (χ0v) is 15.7. The van der Waals surface area contributed by atoms with Crippen LogP contribution in [-0.4, -0.2) is 48.4 Å². The van der Waals surface area contributed by atoms with E-state index in [1.165, 1.54) is 16.7 Å². The number of benzene rings is 2. The number of hydrogen-bond acceptors (Lipinski definition) is 3. The molecule has 1 aliphatic rings. The van der Waals surface area contributed by atoms with Gasteiger partial charge in [-0.05, 0) is 23.6 Å². The Morgan fingerprint density at radius 1 is 0.962 bits per heavy atom. The molecule has 0 unspecified atom stereocenters. The van der Waals surface area contributed by atoms with Crippen molar-refractivity contribution >= 4 is 5.91 Å². The average molecular weight is 351 g/mol. The van der Waals surface area contributed by atoms with Crippen molar-refractivity contribution in [1.29, 1.82) is 0 Å². The van der Waals surface area contributed by atoms with Crippen molar-refractivity contribution in [3.05, 3.63) is 71.3 Å². The van der Waals surface area contributed by atoms with Gasteiger partial charge in [-0.15, -0.1) is 0 Å². The summed E-state index contributed by atoms with van der Waals surface area (Å²) in [5.41, 5.74) is 3.93. The monoisotopic (exact) mass is 351 g/mol. The van der Waals surface area contributed by atoms with Crippen molar-refractivity contribution in [2.45, 2.75) is 26.4 Å². The number of nitrogens with zero attached hydrogens (tertiary/aromatic N) is 2. The molecule has 4 heteroatoms. The lowest BCUT2D eigenvalue weighted by molar-refractivity contribution is -0.132. The third-order valence-electron chi connectivity index (χ3n) is 5.07. The van der Waals surface area contributed by atoms with E-state index in [1.54, 1.807) is 0 Å². The summed E-state index contributed by atoms with van der Waals surface area (Å²) in [5, 5.41) is 3.40. The molecule has 26 heavy (non-hydrogen) atoms. The molecule has 1 heterocycles. The van der Waals surface area contributed by atoms with Gasteiger partial charge in [0, 0.05) is 52.2 Å². The lowest BCUT2D eigenvalue weighted by atomic mass is 10.1. The van der Waals surface area contributed by atoms with Gasteiger partial charge in [-0.3, -0.25) is 9.69 Å². The number of aryl methyl sites for hydroxylation is 1. The van der Waals surface area contributed by atoms with E-state index in [0.717, 1.165) is 45.8 Å². The predicted octanol–water partition coefficient (Wildman–Crippen LogP) is 2.82. The van der Waals surface area contributed by atoms with Crippen LogP contribution in [0.15, 0.2) is 54.6 Å². The molecule has 0 aromatic heterocycles. The van der Waals surface area contributed by atoms with Crippen LogP contribution >= 0.6 is 0 Å². The first-order valence-corrected chi connectivity index (χ1v) is 9.51. The fraction of sp³-hybridized carbons (Fsp3) is 0.409. The summed E-state index contributed by atoms with van der Waals surface area (Å²) in [4.78, 5) is 16.8. The smallest absolute Gasteiger partial charge is 0.223 e. The van der Waals surface area contributed by atoms with E-state index in [-0.39, 0.29) is 5.91 Å². The molecule has 0 spiro atoms.